The summed E-state index contributed by atoms with van der Waals surface area (Å²) in [5.74, 6) is 0.186. The molecule has 2 N–H and O–H groups in total. The second-order valence-corrected chi connectivity index (χ2v) is 5.92. The maximum atomic E-state index is 11.4. The molecule has 2 aliphatic heterocycles. The summed E-state index contributed by atoms with van der Waals surface area (Å²) in [4.78, 5) is 24.4. The van der Waals surface area contributed by atoms with Crippen molar-refractivity contribution in [3.8, 4) is 0 Å². The van der Waals surface area contributed by atoms with Crippen LogP contribution in [0.4, 0.5) is 17.1 Å². The van der Waals surface area contributed by atoms with Gasteiger partial charge in [-0.2, -0.15) is 0 Å². The number of nitro groups is 1. The molecular weight excluding hydrogens is 286 g/mol. The number of nitrogens with zero attached hydrogens (tertiary/aromatic N) is 2. The van der Waals surface area contributed by atoms with E-state index in [2.05, 4.69) is 5.32 Å². The Hall–Kier alpha value is -2.15. The molecule has 22 heavy (non-hydrogen) atoms. The van der Waals surface area contributed by atoms with Crippen molar-refractivity contribution in [2.24, 2.45) is 5.92 Å². The average molecular weight is 305 g/mol. The Morgan fingerprint density at radius 3 is 2.68 bits per heavy atom. The Balaban J connectivity index is 1.93. The van der Waals surface area contributed by atoms with Crippen LogP contribution in [0.25, 0.3) is 0 Å². The van der Waals surface area contributed by atoms with Crippen LogP contribution in [-0.2, 0) is 11.2 Å². The van der Waals surface area contributed by atoms with Crippen LogP contribution in [0.5, 0.6) is 0 Å². The van der Waals surface area contributed by atoms with Crippen LogP contribution >= 0.6 is 0 Å². The summed E-state index contributed by atoms with van der Waals surface area (Å²) in [5.41, 5.74) is 2.15. The molecule has 7 nitrogen and oxygen atoms in total. The zero-order valence-corrected chi connectivity index (χ0v) is 12.2. The minimum atomic E-state index is -0.394. The van der Waals surface area contributed by atoms with E-state index in [1.54, 1.807) is 0 Å². The molecule has 0 unspecified atom stereocenters. The van der Waals surface area contributed by atoms with E-state index < -0.39 is 4.92 Å². The van der Waals surface area contributed by atoms with Crippen molar-refractivity contribution in [2.75, 3.05) is 29.9 Å². The van der Waals surface area contributed by atoms with Crippen molar-refractivity contribution in [3.05, 3.63) is 27.8 Å². The van der Waals surface area contributed by atoms with Gasteiger partial charge in [-0.25, -0.2) is 0 Å². The molecule has 0 atom stereocenters. The second-order valence-electron chi connectivity index (χ2n) is 5.92. The summed E-state index contributed by atoms with van der Waals surface area (Å²) in [6.07, 6.45) is 2.69. The summed E-state index contributed by atoms with van der Waals surface area (Å²) in [6, 6.07) is 3.31. The third-order valence-corrected chi connectivity index (χ3v) is 4.51. The summed E-state index contributed by atoms with van der Waals surface area (Å²) in [7, 11) is 0. The number of nitro benzene ring substituents is 1. The topological polar surface area (TPSA) is 95.7 Å². The third kappa shape index (κ3) is 2.76. The quantitative estimate of drug-likeness (QED) is 0.654. The van der Waals surface area contributed by atoms with Crippen LogP contribution in [0.3, 0.4) is 0 Å². The van der Waals surface area contributed by atoms with E-state index in [4.69, 9.17) is 0 Å². The van der Waals surface area contributed by atoms with Crippen LogP contribution in [0.15, 0.2) is 12.1 Å². The van der Waals surface area contributed by atoms with Crippen LogP contribution < -0.4 is 10.2 Å². The van der Waals surface area contributed by atoms with Crippen molar-refractivity contribution in [1.29, 1.82) is 0 Å². The Labute approximate surface area is 128 Å². The molecule has 0 aliphatic carbocycles. The highest BCUT2D eigenvalue weighted by molar-refractivity contribution is 5.95. The van der Waals surface area contributed by atoms with Gasteiger partial charge < -0.3 is 15.3 Å². The van der Waals surface area contributed by atoms with Gasteiger partial charge in [-0.3, -0.25) is 14.9 Å². The van der Waals surface area contributed by atoms with Crippen molar-refractivity contribution >= 4 is 23.0 Å². The van der Waals surface area contributed by atoms with Gasteiger partial charge in [0.05, 0.1) is 10.6 Å². The van der Waals surface area contributed by atoms with E-state index in [0.717, 1.165) is 18.4 Å². The largest absolute Gasteiger partial charge is 0.396 e. The van der Waals surface area contributed by atoms with E-state index >= 15 is 0 Å². The minimum Gasteiger partial charge on any atom is -0.396 e. The molecular formula is C15H19N3O4. The van der Waals surface area contributed by atoms with Gasteiger partial charge in [0, 0.05) is 32.2 Å². The van der Waals surface area contributed by atoms with E-state index in [-0.39, 0.29) is 24.1 Å². The number of rotatable bonds is 3. The number of nitrogens with one attached hydrogen (secondary N) is 1. The number of hydrogen-bond donors (Lipinski definition) is 2. The van der Waals surface area contributed by atoms with Gasteiger partial charge in [0.1, 0.15) is 5.69 Å². The fourth-order valence-electron chi connectivity index (χ4n) is 3.16. The van der Waals surface area contributed by atoms with Gasteiger partial charge in [0.25, 0.3) is 5.69 Å². The number of anilines is 2. The average Bonchev–Trinajstić information content (AvgIpc) is 2.53. The molecule has 1 saturated heterocycles. The predicted octanol–water partition coefficient (Wildman–Crippen LogP) is 1.69. The number of fused-ring (bicyclic) bond motifs is 1. The summed E-state index contributed by atoms with van der Waals surface area (Å²) in [5, 5.41) is 23.3. The first-order valence-corrected chi connectivity index (χ1v) is 7.55. The number of carbonyl (C=O) groups is 1. The SMILES string of the molecule is O=C1CCc2cc(N3CCC(CO)CC3)c([N+](=O)[O-])cc2N1. The Morgan fingerprint density at radius 2 is 2.05 bits per heavy atom. The number of aliphatic hydroxyl groups is 1. The van der Waals surface area contributed by atoms with Gasteiger partial charge in [0.15, 0.2) is 0 Å². The van der Waals surface area contributed by atoms with Gasteiger partial charge in [0.2, 0.25) is 5.91 Å². The normalized spacial score (nSPS) is 18.8. The van der Waals surface area contributed by atoms with Crippen LogP contribution in [-0.4, -0.2) is 35.6 Å². The molecule has 2 heterocycles. The Morgan fingerprint density at radius 1 is 1.32 bits per heavy atom. The highest BCUT2D eigenvalue weighted by Gasteiger charge is 2.28. The molecule has 1 fully saturated rings. The van der Waals surface area contributed by atoms with Crippen LogP contribution in [0.2, 0.25) is 0 Å². The minimum absolute atomic E-state index is 0.0309. The monoisotopic (exact) mass is 305 g/mol. The highest BCUT2D eigenvalue weighted by atomic mass is 16.6. The first-order chi connectivity index (χ1) is 10.6. The molecule has 0 bridgehead atoms. The van der Waals surface area contributed by atoms with Gasteiger partial charge >= 0.3 is 0 Å². The lowest BCUT2D eigenvalue weighted by Gasteiger charge is -2.33. The van der Waals surface area contributed by atoms with Crippen molar-refractivity contribution < 1.29 is 14.8 Å². The summed E-state index contributed by atoms with van der Waals surface area (Å²) >= 11 is 0. The predicted molar refractivity (Wildman–Crippen MR) is 82.1 cm³/mol. The van der Waals surface area contributed by atoms with Crippen LogP contribution in [0.1, 0.15) is 24.8 Å². The van der Waals surface area contributed by atoms with Crippen molar-refractivity contribution in [2.45, 2.75) is 25.7 Å². The zero-order chi connectivity index (χ0) is 15.7. The molecule has 118 valence electrons. The molecule has 7 heteroatoms. The second kappa shape index (κ2) is 5.92. The summed E-state index contributed by atoms with van der Waals surface area (Å²) in [6.45, 7) is 1.58. The lowest BCUT2D eigenvalue weighted by Crippen LogP contribution is -2.35. The van der Waals surface area contributed by atoms with E-state index in [1.165, 1.54) is 6.07 Å². The summed E-state index contributed by atoms with van der Waals surface area (Å²) < 4.78 is 0. The molecule has 3 rings (SSSR count). The zero-order valence-electron chi connectivity index (χ0n) is 12.2. The molecule has 1 aromatic rings. The van der Waals surface area contributed by atoms with E-state index in [1.807, 2.05) is 11.0 Å². The van der Waals surface area contributed by atoms with Crippen molar-refractivity contribution in [1.82, 2.24) is 0 Å². The molecule has 1 amide bonds. The van der Waals surface area contributed by atoms with E-state index in [9.17, 15) is 20.0 Å². The number of hydrogen-bond acceptors (Lipinski definition) is 5. The number of benzene rings is 1. The van der Waals surface area contributed by atoms with Gasteiger partial charge in [-0.15, -0.1) is 0 Å². The number of carbonyl (C=O) groups excluding carboxylic acids is 1. The number of amides is 1. The number of aryl methyl sites for hydroxylation is 1. The fourth-order valence-corrected chi connectivity index (χ4v) is 3.16. The molecule has 0 spiro atoms. The standard InChI is InChI=1S/C15H19N3O4/c19-9-10-3-5-17(6-4-10)13-7-11-1-2-15(20)16-12(11)8-14(13)18(21)22/h7-8,10,19H,1-6,9H2,(H,16,20). The fraction of sp³-hybridized carbons (Fsp3) is 0.533. The maximum absolute atomic E-state index is 11.4. The third-order valence-electron chi connectivity index (χ3n) is 4.51. The molecule has 1 aromatic carbocycles. The van der Waals surface area contributed by atoms with Crippen molar-refractivity contribution in [3.63, 3.8) is 0 Å². The molecule has 0 saturated carbocycles. The lowest BCUT2D eigenvalue weighted by molar-refractivity contribution is -0.384. The molecule has 2 aliphatic rings. The highest BCUT2D eigenvalue weighted by Crippen LogP contribution is 2.37. The van der Waals surface area contributed by atoms with E-state index in [0.29, 0.717) is 37.3 Å². The Bertz CT molecular complexity index is 609. The van der Waals surface area contributed by atoms with Crippen LogP contribution in [0, 0.1) is 16.0 Å². The molecule has 0 radical (unpaired) electrons. The first-order valence-electron chi connectivity index (χ1n) is 7.55. The van der Waals surface area contributed by atoms with Gasteiger partial charge in [-0.1, -0.05) is 0 Å². The van der Waals surface area contributed by atoms with Gasteiger partial charge in [-0.05, 0) is 36.8 Å². The smallest absolute Gasteiger partial charge is 0.294 e. The first kappa shape index (κ1) is 14.8. The lowest BCUT2D eigenvalue weighted by atomic mass is 9.96. The Kier molecular flexibility index (Phi) is 3.98. The number of aliphatic hydroxyl groups excluding tert-OH is 1. The number of piperidine rings is 1. The molecule has 0 aromatic heterocycles. The maximum Gasteiger partial charge on any atom is 0.294 e.